The molecule has 0 saturated heterocycles. The molecule has 0 amide bonds. The Kier molecular flexibility index (Phi) is 4.74. The van der Waals surface area contributed by atoms with Gasteiger partial charge >= 0.3 is 5.97 Å². The van der Waals surface area contributed by atoms with Crippen LogP contribution in [-0.4, -0.2) is 31.1 Å². The van der Waals surface area contributed by atoms with Crippen molar-refractivity contribution in [3.63, 3.8) is 0 Å². The second-order valence-corrected chi connectivity index (χ2v) is 3.63. The van der Waals surface area contributed by atoms with Crippen molar-refractivity contribution in [2.45, 2.75) is 0 Å². The van der Waals surface area contributed by atoms with Crippen LogP contribution in [-0.2, 0) is 4.79 Å². The van der Waals surface area contributed by atoms with E-state index in [2.05, 4.69) is 0 Å². The van der Waals surface area contributed by atoms with Crippen LogP contribution < -0.4 is 9.47 Å². The predicted molar refractivity (Wildman–Crippen MR) is 65.7 cm³/mol. The van der Waals surface area contributed by atoms with Crippen molar-refractivity contribution < 1.29 is 24.2 Å². The standard InChI is InChI=1S/C12H11ClO5/c1-17-10-5-7(8(13)6-11(10)18-2)9(14)3-4-12(15)16/h3-6H,1-2H3,(H,15,16)/b4-3+. The molecular formula is C12H11ClO5. The minimum Gasteiger partial charge on any atom is -0.493 e. The summed E-state index contributed by atoms with van der Waals surface area (Å²) in [6.45, 7) is 0. The van der Waals surface area contributed by atoms with E-state index >= 15 is 0 Å². The van der Waals surface area contributed by atoms with Crippen LogP contribution in [0.4, 0.5) is 0 Å². The number of allylic oxidation sites excluding steroid dienone is 1. The molecule has 1 aromatic rings. The fraction of sp³-hybridized carbons (Fsp3) is 0.167. The topological polar surface area (TPSA) is 72.8 Å². The Balaban J connectivity index is 3.17. The molecule has 18 heavy (non-hydrogen) atoms. The van der Waals surface area contributed by atoms with Crippen molar-refractivity contribution in [1.82, 2.24) is 0 Å². The number of methoxy groups -OCH3 is 2. The van der Waals surface area contributed by atoms with Crippen LogP contribution in [0, 0.1) is 0 Å². The molecule has 0 radical (unpaired) electrons. The molecule has 0 aromatic heterocycles. The van der Waals surface area contributed by atoms with E-state index in [-0.39, 0.29) is 10.6 Å². The number of carbonyl (C=O) groups excluding carboxylic acids is 1. The van der Waals surface area contributed by atoms with Crippen LogP contribution >= 0.6 is 11.6 Å². The molecule has 0 fully saturated rings. The summed E-state index contributed by atoms with van der Waals surface area (Å²) in [5, 5.41) is 8.60. The first-order valence-corrected chi connectivity index (χ1v) is 5.24. The molecule has 0 aliphatic carbocycles. The quantitative estimate of drug-likeness (QED) is 0.656. The summed E-state index contributed by atoms with van der Waals surface area (Å²) in [7, 11) is 2.87. The molecule has 96 valence electrons. The van der Waals surface area contributed by atoms with Crippen LogP contribution in [0.5, 0.6) is 11.5 Å². The number of hydrogen-bond acceptors (Lipinski definition) is 4. The molecule has 6 heteroatoms. The summed E-state index contributed by atoms with van der Waals surface area (Å²) in [5.74, 6) is -1.00. The van der Waals surface area contributed by atoms with Crippen molar-refractivity contribution in [3.8, 4) is 11.5 Å². The van der Waals surface area contributed by atoms with E-state index in [0.717, 1.165) is 12.2 Å². The fourth-order valence-corrected chi connectivity index (χ4v) is 1.53. The van der Waals surface area contributed by atoms with Crippen LogP contribution in [0.15, 0.2) is 24.3 Å². The maximum atomic E-state index is 11.7. The zero-order valence-electron chi connectivity index (χ0n) is 9.77. The smallest absolute Gasteiger partial charge is 0.328 e. The molecule has 0 unspecified atom stereocenters. The van der Waals surface area contributed by atoms with Crippen LogP contribution in [0.1, 0.15) is 10.4 Å². The first-order valence-electron chi connectivity index (χ1n) is 4.86. The van der Waals surface area contributed by atoms with Gasteiger partial charge in [-0.15, -0.1) is 0 Å². The first kappa shape index (κ1) is 14.1. The minimum atomic E-state index is -1.21. The molecule has 5 nitrogen and oxygen atoms in total. The van der Waals surface area contributed by atoms with E-state index in [1.807, 2.05) is 0 Å². The second kappa shape index (κ2) is 6.07. The lowest BCUT2D eigenvalue weighted by molar-refractivity contribution is -0.131. The lowest BCUT2D eigenvalue weighted by Crippen LogP contribution is -2.00. The van der Waals surface area contributed by atoms with E-state index in [1.165, 1.54) is 26.4 Å². The minimum absolute atomic E-state index is 0.145. The Labute approximate surface area is 109 Å². The van der Waals surface area contributed by atoms with Gasteiger partial charge in [0.25, 0.3) is 0 Å². The molecule has 0 aliphatic rings. The summed E-state index contributed by atoms with van der Waals surface area (Å²) >= 11 is 5.91. The van der Waals surface area contributed by atoms with Gasteiger partial charge in [0.15, 0.2) is 17.3 Å². The molecule has 1 aromatic carbocycles. The van der Waals surface area contributed by atoms with Gasteiger partial charge in [0.2, 0.25) is 0 Å². The number of ketones is 1. The largest absolute Gasteiger partial charge is 0.493 e. The van der Waals surface area contributed by atoms with Gasteiger partial charge in [0.1, 0.15) is 0 Å². The van der Waals surface area contributed by atoms with Crippen molar-refractivity contribution >= 4 is 23.4 Å². The monoisotopic (exact) mass is 270 g/mol. The van der Waals surface area contributed by atoms with E-state index < -0.39 is 11.8 Å². The molecule has 0 atom stereocenters. The lowest BCUT2D eigenvalue weighted by Gasteiger charge is -2.09. The number of carboxylic acid groups (broad SMARTS) is 1. The van der Waals surface area contributed by atoms with Crippen molar-refractivity contribution in [3.05, 3.63) is 34.9 Å². The molecule has 1 N–H and O–H groups in total. The maximum Gasteiger partial charge on any atom is 0.328 e. The van der Waals surface area contributed by atoms with Gasteiger partial charge in [-0.1, -0.05) is 11.6 Å². The highest BCUT2D eigenvalue weighted by molar-refractivity contribution is 6.35. The normalized spacial score (nSPS) is 10.4. The second-order valence-electron chi connectivity index (χ2n) is 3.22. The average Bonchev–Trinajstić information content (AvgIpc) is 2.35. The van der Waals surface area contributed by atoms with Crippen molar-refractivity contribution in [1.29, 1.82) is 0 Å². The number of aliphatic carboxylic acids is 1. The zero-order chi connectivity index (χ0) is 13.7. The third-order valence-corrected chi connectivity index (χ3v) is 2.43. The number of carbonyl (C=O) groups is 2. The third-order valence-electron chi connectivity index (χ3n) is 2.12. The highest BCUT2D eigenvalue weighted by atomic mass is 35.5. The number of halogens is 1. The lowest BCUT2D eigenvalue weighted by atomic mass is 10.1. The molecular weight excluding hydrogens is 260 g/mol. The summed E-state index contributed by atoms with van der Waals surface area (Å²) < 4.78 is 10.0. The Bertz CT molecular complexity index is 507. The highest BCUT2D eigenvalue weighted by Crippen LogP contribution is 2.33. The van der Waals surface area contributed by atoms with E-state index in [1.54, 1.807) is 0 Å². The van der Waals surface area contributed by atoms with Gasteiger partial charge in [-0.25, -0.2) is 4.79 Å². The van der Waals surface area contributed by atoms with Crippen molar-refractivity contribution in [2.24, 2.45) is 0 Å². The number of benzene rings is 1. The molecule has 0 saturated carbocycles. The number of hydrogen-bond donors (Lipinski definition) is 1. The number of ether oxygens (including phenoxy) is 2. The summed E-state index contributed by atoms with van der Waals surface area (Å²) in [6.07, 6.45) is 1.67. The third kappa shape index (κ3) is 3.24. The molecule has 0 heterocycles. The van der Waals surface area contributed by atoms with E-state index in [4.69, 9.17) is 26.2 Å². The zero-order valence-corrected chi connectivity index (χ0v) is 10.5. The van der Waals surface area contributed by atoms with Crippen LogP contribution in [0.25, 0.3) is 0 Å². The Morgan fingerprint density at radius 1 is 1.17 bits per heavy atom. The maximum absolute atomic E-state index is 11.7. The highest BCUT2D eigenvalue weighted by Gasteiger charge is 2.14. The fourth-order valence-electron chi connectivity index (χ4n) is 1.28. The van der Waals surface area contributed by atoms with Crippen molar-refractivity contribution in [2.75, 3.05) is 14.2 Å². The Hall–Kier alpha value is -2.01. The molecule has 0 aliphatic heterocycles. The molecule has 0 bridgehead atoms. The Morgan fingerprint density at radius 3 is 2.22 bits per heavy atom. The van der Waals surface area contributed by atoms with Gasteiger partial charge in [-0.3, -0.25) is 4.79 Å². The summed E-state index contributed by atoms with van der Waals surface area (Å²) in [4.78, 5) is 22.0. The van der Waals surface area contributed by atoms with E-state index in [0.29, 0.717) is 11.5 Å². The van der Waals surface area contributed by atoms with Gasteiger partial charge < -0.3 is 14.6 Å². The number of carboxylic acids is 1. The van der Waals surface area contributed by atoms with Gasteiger partial charge in [-0.05, 0) is 12.1 Å². The Morgan fingerprint density at radius 2 is 1.72 bits per heavy atom. The van der Waals surface area contributed by atoms with Crippen LogP contribution in [0.3, 0.4) is 0 Å². The SMILES string of the molecule is COc1cc(Cl)c(C(=O)/C=C/C(=O)O)cc1OC. The van der Waals surface area contributed by atoms with Gasteiger partial charge in [-0.2, -0.15) is 0 Å². The molecule has 1 rings (SSSR count). The average molecular weight is 271 g/mol. The van der Waals surface area contributed by atoms with E-state index in [9.17, 15) is 9.59 Å². The van der Waals surface area contributed by atoms with Gasteiger partial charge in [0.05, 0.1) is 19.2 Å². The summed E-state index contributed by atoms with van der Waals surface area (Å²) in [6, 6.07) is 2.83. The molecule has 0 spiro atoms. The first-order chi connectivity index (χ1) is 8.49. The van der Waals surface area contributed by atoms with Crippen LogP contribution in [0.2, 0.25) is 5.02 Å². The van der Waals surface area contributed by atoms with Gasteiger partial charge in [0, 0.05) is 17.7 Å². The number of rotatable bonds is 5. The predicted octanol–water partition coefficient (Wildman–Crippen LogP) is 2.18. The summed E-state index contributed by atoms with van der Waals surface area (Å²) in [5.41, 5.74) is 0.145.